The molecule has 1 heterocycles. The third-order valence-corrected chi connectivity index (χ3v) is 3.80. The van der Waals surface area contributed by atoms with Crippen molar-refractivity contribution in [3.8, 4) is 16.3 Å². The van der Waals surface area contributed by atoms with Crippen molar-refractivity contribution in [3.63, 3.8) is 0 Å². The first kappa shape index (κ1) is 13.1. The van der Waals surface area contributed by atoms with Gasteiger partial charge in [-0.1, -0.05) is 6.92 Å². The van der Waals surface area contributed by atoms with E-state index in [9.17, 15) is 0 Å². The van der Waals surface area contributed by atoms with Gasteiger partial charge in [0.15, 0.2) is 0 Å². The Morgan fingerprint density at radius 3 is 2.89 bits per heavy atom. The van der Waals surface area contributed by atoms with Crippen LogP contribution in [0.2, 0.25) is 0 Å². The van der Waals surface area contributed by atoms with E-state index in [0.717, 1.165) is 34.9 Å². The van der Waals surface area contributed by atoms with Crippen LogP contribution in [-0.2, 0) is 12.8 Å². The van der Waals surface area contributed by atoms with Crippen LogP contribution in [-0.4, -0.2) is 18.6 Å². The van der Waals surface area contributed by atoms with Crippen LogP contribution in [0.1, 0.15) is 18.2 Å². The first-order valence-electron chi connectivity index (χ1n) is 6.10. The molecule has 0 aliphatic rings. The van der Waals surface area contributed by atoms with E-state index in [0.29, 0.717) is 6.54 Å². The standard InChI is InChI=1S/C14H18N2OS/c1-3-10-8-11(4-5-13(10)17-2)14-16-12(6-7-15)9-18-14/h4-5,8-9H,3,6-7,15H2,1-2H3. The largest absolute Gasteiger partial charge is 0.496 e. The van der Waals surface area contributed by atoms with Gasteiger partial charge in [-0.3, -0.25) is 0 Å². The van der Waals surface area contributed by atoms with Crippen LogP contribution in [0.5, 0.6) is 5.75 Å². The van der Waals surface area contributed by atoms with E-state index in [2.05, 4.69) is 29.4 Å². The minimum atomic E-state index is 0.645. The molecule has 0 saturated carbocycles. The summed E-state index contributed by atoms with van der Waals surface area (Å²) in [6, 6.07) is 6.23. The van der Waals surface area contributed by atoms with Gasteiger partial charge in [-0.25, -0.2) is 4.98 Å². The summed E-state index contributed by atoms with van der Waals surface area (Å²) in [4.78, 5) is 4.60. The molecule has 4 heteroatoms. The highest BCUT2D eigenvalue weighted by Crippen LogP contribution is 2.29. The highest BCUT2D eigenvalue weighted by atomic mass is 32.1. The number of nitrogens with zero attached hydrogens (tertiary/aromatic N) is 1. The molecule has 0 aliphatic carbocycles. The van der Waals surface area contributed by atoms with Crippen molar-refractivity contribution < 1.29 is 4.74 Å². The van der Waals surface area contributed by atoms with E-state index in [1.54, 1.807) is 18.4 Å². The van der Waals surface area contributed by atoms with Crippen molar-refractivity contribution in [2.75, 3.05) is 13.7 Å². The summed E-state index contributed by atoms with van der Waals surface area (Å²) in [5.74, 6) is 0.944. The third-order valence-electron chi connectivity index (χ3n) is 2.86. The number of hydrogen-bond acceptors (Lipinski definition) is 4. The Morgan fingerprint density at radius 2 is 2.22 bits per heavy atom. The average molecular weight is 262 g/mol. The quantitative estimate of drug-likeness (QED) is 0.901. The maximum Gasteiger partial charge on any atom is 0.123 e. The van der Waals surface area contributed by atoms with Gasteiger partial charge in [0.1, 0.15) is 10.8 Å². The summed E-state index contributed by atoms with van der Waals surface area (Å²) in [6.07, 6.45) is 1.80. The number of methoxy groups -OCH3 is 1. The van der Waals surface area contributed by atoms with Crippen molar-refractivity contribution in [1.29, 1.82) is 0 Å². The highest BCUT2D eigenvalue weighted by Gasteiger charge is 2.08. The Bertz CT molecular complexity index is 522. The average Bonchev–Trinajstić information content (AvgIpc) is 2.87. The van der Waals surface area contributed by atoms with Crippen LogP contribution in [0, 0.1) is 0 Å². The SMILES string of the molecule is CCc1cc(-c2nc(CCN)cs2)ccc1OC. The fourth-order valence-corrected chi connectivity index (χ4v) is 2.74. The van der Waals surface area contributed by atoms with Gasteiger partial charge in [-0.15, -0.1) is 11.3 Å². The molecule has 96 valence electrons. The molecule has 0 radical (unpaired) electrons. The molecule has 0 atom stereocenters. The normalized spacial score (nSPS) is 10.6. The lowest BCUT2D eigenvalue weighted by molar-refractivity contribution is 0.410. The van der Waals surface area contributed by atoms with Crippen LogP contribution in [0.25, 0.3) is 10.6 Å². The molecule has 0 saturated heterocycles. The van der Waals surface area contributed by atoms with Crippen molar-refractivity contribution in [2.24, 2.45) is 5.73 Å². The van der Waals surface area contributed by atoms with Crippen molar-refractivity contribution in [3.05, 3.63) is 34.8 Å². The molecule has 0 bridgehead atoms. The number of rotatable bonds is 5. The van der Waals surface area contributed by atoms with Crippen LogP contribution in [0.15, 0.2) is 23.6 Å². The van der Waals surface area contributed by atoms with Gasteiger partial charge >= 0.3 is 0 Å². The molecule has 0 spiro atoms. The summed E-state index contributed by atoms with van der Waals surface area (Å²) >= 11 is 1.67. The zero-order chi connectivity index (χ0) is 13.0. The molecule has 3 nitrogen and oxygen atoms in total. The minimum Gasteiger partial charge on any atom is -0.496 e. The summed E-state index contributed by atoms with van der Waals surface area (Å²) in [7, 11) is 1.71. The summed E-state index contributed by atoms with van der Waals surface area (Å²) in [6.45, 7) is 2.77. The molecular weight excluding hydrogens is 244 g/mol. The number of hydrogen-bond donors (Lipinski definition) is 1. The molecule has 2 N–H and O–H groups in total. The molecule has 1 aromatic heterocycles. The van der Waals surface area contributed by atoms with Crippen LogP contribution < -0.4 is 10.5 Å². The van der Waals surface area contributed by atoms with E-state index in [1.165, 1.54) is 5.56 Å². The van der Waals surface area contributed by atoms with Gasteiger partial charge in [0.2, 0.25) is 0 Å². The van der Waals surface area contributed by atoms with E-state index in [-0.39, 0.29) is 0 Å². The van der Waals surface area contributed by atoms with Crippen molar-refractivity contribution in [2.45, 2.75) is 19.8 Å². The Hall–Kier alpha value is -1.39. The lowest BCUT2D eigenvalue weighted by Crippen LogP contribution is -2.02. The fourth-order valence-electron chi connectivity index (χ4n) is 1.89. The molecule has 0 amide bonds. The van der Waals surface area contributed by atoms with Gasteiger partial charge in [0.05, 0.1) is 12.8 Å². The lowest BCUT2D eigenvalue weighted by atomic mass is 10.1. The second kappa shape index (κ2) is 5.98. The van der Waals surface area contributed by atoms with Crippen LogP contribution in [0.4, 0.5) is 0 Å². The molecule has 18 heavy (non-hydrogen) atoms. The number of benzene rings is 1. The molecule has 0 fully saturated rings. The number of ether oxygens (including phenoxy) is 1. The van der Waals surface area contributed by atoms with E-state index >= 15 is 0 Å². The highest BCUT2D eigenvalue weighted by molar-refractivity contribution is 7.13. The predicted molar refractivity (Wildman–Crippen MR) is 76.2 cm³/mol. The molecule has 1 aromatic carbocycles. The molecular formula is C14H18N2OS. The van der Waals surface area contributed by atoms with Crippen molar-refractivity contribution >= 4 is 11.3 Å². The van der Waals surface area contributed by atoms with Gasteiger partial charge in [-0.2, -0.15) is 0 Å². The number of aromatic nitrogens is 1. The Morgan fingerprint density at radius 1 is 1.39 bits per heavy atom. The Labute approximate surface area is 112 Å². The Balaban J connectivity index is 2.31. The predicted octanol–water partition coefficient (Wildman–Crippen LogP) is 2.88. The van der Waals surface area contributed by atoms with Gasteiger partial charge in [0, 0.05) is 17.4 Å². The minimum absolute atomic E-state index is 0.645. The van der Waals surface area contributed by atoms with Gasteiger partial charge in [0.25, 0.3) is 0 Å². The maximum absolute atomic E-state index is 5.54. The molecule has 0 unspecified atom stereocenters. The van der Waals surface area contributed by atoms with Gasteiger partial charge < -0.3 is 10.5 Å². The smallest absolute Gasteiger partial charge is 0.123 e. The molecule has 0 aliphatic heterocycles. The van der Waals surface area contributed by atoms with E-state index < -0.39 is 0 Å². The van der Waals surface area contributed by atoms with Crippen LogP contribution in [0.3, 0.4) is 0 Å². The zero-order valence-electron chi connectivity index (χ0n) is 10.8. The molecule has 2 rings (SSSR count). The number of thiazole rings is 1. The monoisotopic (exact) mass is 262 g/mol. The van der Waals surface area contributed by atoms with Gasteiger partial charge in [-0.05, 0) is 36.7 Å². The fraction of sp³-hybridized carbons (Fsp3) is 0.357. The zero-order valence-corrected chi connectivity index (χ0v) is 11.6. The number of aryl methyl sites for hydroxylation is 1. The second-order valence-corrected chi connectivity index (χ2v) is 4.92. The van der Waals surface area contributed by atoms with E-state index in [4.69, 9.17) is 10.5 Å². The summed E-state index contributed by atoms with van der Waals surface area (Å²) in [5, 5.41) is 3.13. The first-order chi connectivity index (χ1) is 8.78. The lowest BCUT2D eigenvalue weighted by Gasteiger charge is -2.07. The van der Waals surface area contributed by atoms with Crippen molar-refractivity contribution in [1.82, 2.24) is 4.98 Å². The van der Waals surface area contributed by atoms with Crippen LogP contribution >= 0.6 is 11.3 Å². The van der Waals surface area contributed by atoms with E-state index in [1.807, 2.05) is 6.07 Å². The number of nitrogens with two attached hydrogens (primary N) is 1. The second-order valence-electron chi connectivity index (χ2n) is 4.06. The molecule has 2 aromatic rings. The first-order valence-corrected chi connectivity index (χ1v) is 6.98. The maximum atomic E-state index is 5.54. The third kappa shape index (κ3) is 2.71. The summed E-state index contributed by atoms with van der Waals surface area (Å²) in [5.41, 5.74) is 8.98. The summed E-state index contributed by atoms with van der Waals surface area (Å²) < 4.78 is 5.34. The topological polar surface area (TPSA) is 48.1 Å². The Kier molecular flexibility index (Phi) is 4.33.